The van der Waals surface area contributed by atoms with Crippen molar-refractivity contribution in [2.24, 2.45) is 0 Å². The largest absolute Gasteiger partial charge is 0.322 e. The monoisotopic (exact) mass is 411 g/mol. The summed E-state index contributed by atoms with van der Waals surface area (Å²) in [7, 11) is 0. The third-order valence-electron chi connectivity index (χ3n) is 4.35. The van der Waals surface area contributed by atoms with Crippen LogP contribution in [-0.2, 0) is 6.42 Å². The number of hydrogen-bond acceptors (Lipinski definition) is 5. The van der Waals surface area contributed by atoms with Gasteiger partial charge in [0.1, 0.15) is 5.01 Å². The van der Waals surface area contributed by atoms with E-state index in [1.165, 1.54) is 11.3 Å². The number of aryl methyl sites for hydroxylation is 2. The molecule has 0 aliphatic rings. The Labute approximate surface area is 171 Å². The molecule has 0 bridgehead atoms. The number of halogens is 1. The first kappa shape index (κ1) is 18.6. The predicted molar refractivity (Wildman–Crippen MR) is 112 cm³/mol. The van der Waals surface area contributed by atoms with E-state index in [0.29, 0.717) is 16.3 Å². The number of hydrogen-bond donors (Lipinski definition) is 1. The summed E-state index contributed by atoms with van der Waals surface area (Å²) in [4.78, 5) is 13.2. The molecule has 1 amide bonds. The van der Waals surface area contributed by atoms with Crippen LogP contribution in [0.3, 0.4) is 0 Å². The highest BCUT2D eigenvalue weighted by Crippen LogP contribution is 2.27. The Morgan fingerprint density at radius 3 is 2.68 bits per heavy atom. The van der Waals surface area contributed by atoms with E-state index in [0.717, 1.165) is 39.8 Å². The van der Waals surface area contributed by atoms with Crippen LogP contribution in [0.5, 0.6) is 0 Å². The van der Waals surface area contributed by atoms with Crippen molar-refractivity contribution in [2.45, 2.75) is 26.7 Å². The van der Waals surface area contributed by atoms with Gasteiger partial charge in [0.2, 0.25) is 4.96 Å². The molecule has 28 heavy (non-hydrogen) atoms. The Hall–Kier alpha value is -2.77. The second kappa shape index (κ2) is 7.69. The Balaban J connectivity index is 1.52. The maximum absolute atomic E-state index is 12.4. The highest BCUT2D eigenvalue weighted by Gasteiger charge is 2.13. The van der Waals surface area contributed by atoms with Crippen molar-refractivity contribution in [3.63, 3.8) is 0 Å². The molecule has 4 rings (SSSR count). The lowest BCUT2D eigenvalue weighted by molar-refractivity contribution is 0.102. The molecule has 0 unspecified atom stereocenters. The minimum Gasteiger partial charge on any atom is -0.322 e. The molecule has 8 heteroatoms. The lowest BCUT2D eigenvalue weighted by Crippen LogP contribution is -2.11. The minimum atomic E-state index is -0.197. The average Bonchev–Trinajstić information content (AvgIpc) is 3.27. The van der Waals surface area contributed by atoms with Crippen LogP contribution < -0.4 is 5.32 Å². The summed E-state index contributed by atoms with van der Waals surface area (Å²) in [5, 5.41) is 17.3. The Morgan fingerprint density at radius 2 is 1.96 bits per heavy atom. The van der Waals surface area contributed by atoms with Crippen molar-refractivity contribution >= 4 is 39.5 Å². The lowest BCUT2D eigenvalue weighted by Gasteiger charge is -2.07. The van der Waals surface area contributed by atoms with Gasteiger partial charge < -0.3 is 5.32 Å². The molecule has 2 aromatic heterocycles. The van der Waals surface area contributed by atoms with Crippen LogP contribution in [0.2, 0.25) is 5.02 Å². The maximum Gasteiger partial charge on any atom is 0.255 e. The fourth-order valence-corrected chi connectivity index (χ4v) is 3.83. The van der Waals surface area contributed by atoms with Crippen LogP contribution in [0.4, 0.5) is 5.69 Å². The quantitative estimate of drug-likeness (QED) is 0.500. The summed E-state index contributed by atoms with van der Waals surface area (Å²) in [5.41, 5.74) is 3.14. The van der Waals surface area contributed by atoms with Crippen LogP contribution in [0.25, 0.3) is 15.5 Å². The molecule has 4 aromatic rings. The van der Waals surface area contributed by atoms with E-state index in [4.69, 9.17) is 11.6 Å². The highest BCUT2D eigenvalue weighted by atomic mass is 35.5. The van der Waals surface area contributed by atoms with Crippen LogP contribution in [0.1, 0.15) is 35.1 Å². The molecule has 2 aromatic carbocycles. The summed E-state index contributed by atoms with van der Waals surface area (Å²) < 4.78 is 1.81. The Kier molecular flexibility index (Phi) is 5.11. The van der Waals surface area contributed by atoms with Gasteiger partial charge in [-0.2, -0.15) is 9.61 Å². The second-order valence-electron chi connectivity index (χ2n) is 6.46. The van der Waals surface area contributed by atoms with Gasteiger partial charge in [0.15, 0.2) is 5.82 Å². The van der Waals surface area contributed by atoms with Crippen molar-refractivity contribution in [2.75, 3.05) is 5.32 Å². The first-order valence-corrected chi connectivity index (χ1v) is 10.1. The van der Waals surface area contributed by atoms with Crippen molar-refractivity contribution in [1.29, 1.82) is 0 Å². The smallest absolute Gasteiger partial charge is 0.255 e. The standard InChI is InChI=1S/C20H18ClN5OS/c1-3-4-17-23-24-20-26(17)25-19(28-20)13-7-9-15(10-8-13)22-18(27)14-6-5-12(2)16(21)11-14/h5-11H,3-4H2,1-2H3,(H,22,27). The number of fused-ring (bicyclic) bond motifs is 1. The summed E-state index contributed by atoms with van der Waals surface area (Å²) in [6, 6.07) is 12.9. The van der Waals surface area contributed by atoms with Gasteiger partial charge in [0.05, 0.1) is 0 Å². The van der Waals surface area contributed by atoms with Crippen LogP contribution in [0.15, 0.2) is 42.5 Å². The molecule has 0 spiro atoms. The van der Waals surface area contributed by atoms with Crippen molar-refractivity contribution < 1.29 is 4.79 Å². The van der Waals surface area contributed by atoms with Crippen LogP contribution in [0, 0.1) is 6.92 Å². The Bertz CT molecular complexity index is 1150. The topological polar surface area (TPSA) is 72.2 Å². The van der Waals surface area contributed by atoms with E-state index in [1.807, 2.05) is 37.3 Å². The van der Waals surface area contributed by atoms with Gasteiger partial charge in [-0.3, -0.25) is 4.79 Å². The van der Waals surface area contributed by atoms with Crippen molar-refractivity contribution in [3.05, 3.63) is 64.4 Å². The number of aromatic nitrogens is 4. The van der Waals surface area contributed by atoms with Gasteiger partial charge in [0, 0.05) is 28.3 Å². The number of carbonyl (C=O) groups excluding carboxylic acids is 1. The molecule has 0 aliphatic carbocycles. The molecular formula is C20H18ClN5OS. The summed E-state index contributed by atoms with van der Waals surface area (Å²) in [6.45, 7) is 4.01. The van der Waals surface area contributed by atoms with Gasteiger partial charge in [-0.15, -0.1) is 10.2 Å². The third-order valence-corrected chi connectivity index (χ3v) is 5.71. The van der Waals surface area contributed by atoms with Gasteiger partial charge >= 0.3 is 0 Å². The molecule has 6 nitrogen and oxygen atoms in total. The second-order valence-corrected chi connectivity index (χ2v) is 7.83. The number of benzene rings is 2. The number of anilines is 1. The van der Waals surface area contributed by atoms with Crippen molar-refractivity contribution in [1.82, 2.24) is 19.8 Å². The van der Waals surface area contributed by atoms with E-state index < -0.39 is 0 Å². The SMILES string of the molecule is CCCc1nnc2sc(-c3ccc(NC(=O)c4ccc(C)c(Cl)c4)cc3)nn12. The van der Waals surface area contributed by atoms with Crippen LogP contribution >= 0.6 is 22.9 Å². The zero-order valence-electron chi connectivity index (χ0n) is 15.4. The Morgan fingerprint density at radius 1 is 1.18 bits per heavy atom. The number of amides is 1. The molecule has 1 N–H and O–H groups in total. The fourth-order valence-electron chi connectivity index (χ4n) is 2.79. The van der Waals surface area contributed by atoms with E-state index in [9.17, 15) is 4.79 Å². The van der Waals surface area contributed by atoms with E-state index in [2.05, 4.69) is 27.5 Å². The minimum absolute atomic E-state index is 0.197. The molecule has 0 atom stereocenters. The predicted octanol–water partition coefficient (Wildman–Crippen LogP) is 5.02. The summed E-state index contributed by atoms with van der Waals surface area (Å²) in [6.07, 6.45) is 1.84. The molecular weight excluding hydrogens is 394 g/mol. The first-order chi connectivity index (χ1) is 13.5. The van der Waals surface area contributed by atoms with Gasteiger partial charge in [-0.05, 0) is 55.3 Å². The maximum atomic E-state index is 12.4. The molecule has 2 heterocycles. The average molecular weight is 412 g/mol. The van der Waals surface area contributed by atoms with E-state index >= 15 is 0 Å². The summed E-state index contributed by atoms with van der Waals surface area (Å²) in [5.74, 6) is 0.679. The molecule has 0 radical (unpaired) electrons. The third kappa shape index (κ3) is 3.63. The number of nitrogens with one attached hydrogen (secondary N) is 1. The molecule has 0 saturated carbocycles. The highest BCUT2D eigenvalue weighted by molar-refractivity contribution is 7.19. The van der Waals surface area contributed by atoms with Crippen LogP contribution in [-0.4, -0.2) is 25.7 Å². The zero-order chi connectivity index (χ0) is 19.7. The number of nitrogens with zero attached hydrogens (tertiary/aromatic N) is 4. The lowest BCUT2D eigenvalue weighted by atomic mass is 10.1. The molecule has 0 aliphatic heterocycles. The molecule has 0 saturated heterocycles. The van der Waals surface area contributed by atoms with Gasteiger partial charge in [-0.1, -0.05) is 35.9 Å². The zero-order valence-corrected chi connectivity index (χ0v) is 17.0. The van der Waals surface area contributed by atoms with E-state index in [1.54, 1.807) is 16.6 Å². The van der Waals surface area contributed by atoms with Gasteiger partial charge in [-0.25, -0.2) is 0 Å². The molecule has 142 valence electrons. The van der Waals surface area contributed by atoms with E-state index in [-0.39, 0.29) is 5.91 Å². The molecule has 0 fully saturated rings. The fraction of sp³-hybridized carbons (Fsp3) is 0.200. The van der Waals surface area contributed by atoms with Crippen molar-refractivity contribution in [3.8, 4) is 10.6 Å². The number of carbonyl (C=O) groups is 1. The van der Waals surface area contributed by atoms with Gasteiger partial charge in [0.25, 0.3) is 5.91 Å². The summed E-state index contributed by atoms with van der Waals surface area (Å²) >= 11 is 7.60. The normalized spacial score (nSPS) is 11.1. The first-order valence-electron chi connectivity index (χ1n) is 8.94. The number of rotatable bonds is 5.